The van der Waals surface area contributed by atoms with E-state index in [2.05, 4.69) is 16.2 Å². The predicted octanol–water partition coefficient (Wildman–Crippen LogP) is 0.416. The number of rotatable bonds is 5. The maximum Gasteiger partial charge on any atom is 0.253 e. The van der Waals surface area contributed by atoms with Gasteiger partial charge in [-0.25, -0.2) is 5.43 Å². The van der Waals surface area contributed by atoms with Crippen molar-refractivity contribution in [3.63, 3.8) is 0 Å². The van der Waals surface area contributed by atoms with Crippen LogP contribution in [-0.4, -0.2) is 84.6 Å². The first kappa shape index (κ1) is 21.3. The monoisotopic (exact) mass is 427 g/mol. The van der Waals surface area contributed by atoms with Crippen molar-refractivity contribution in [1.29, 1.82) is 0 Å². The van der Waals surface area contributed by atoms with Crippen molar-refractivity contribution in [3.8, 4) is 0 Å². The van der Waals surface area contributed by atoms with Crippen LogP contribution in [0.15, 0.2) is 0 Å². The molecule has 3 N–H and O–H groups in total. The molecular weight excluding hydrogens is 394 g/mol. The lowest BCUT2D eigenvalue weighted by molar-refractivity contribution is -0.142. The smallest absolute Gasteiger partial charge is 0.253 e. The van der Waals surface area contributed by atoms with Crippen LogP contribution in [0.5, 0.6) is 0 Å². The van der Waals surface area contributed by atoms with Gasteiger partial charge in [0.25, 0.3) is 5.91 Å². The molecule has 0 aromatic rings. The van der Waals surface area contributed by atoms with Gasteiger partial charge in [-0.1, -0.05) is 19.3 Å². The third kappa shape index (κ3) is 5.22. The van der Waals surface area contributed by atoms with Crippen LogP contribution in [0.2, 0.25) is 0 Å². The molecule has 0 bridgehead atoms. The number of carbonyl (C=O) groups excluding carboxylic acids is 2. The quantitative estimate of drug-likeness (QED) is 0.551. The van der Waals surface area contributed by atoms with Gasteiger partial charge in [0.05, 0.1) is 12.6 Å². The summed E-state index contributed by atoms with van der Waals surface area (Å²) in [6.07, 6.45) is 8.79. The zero-order chi connectivity index (χ0) is 20.2. The molecule has 1 aliphatic carbocycles. The summed E-state index contributed by atoms with van der Waals surface area (Å²) in [4.78, 5) is 28.7. The maximum absolute atomic E-state index is 12.9. The highest BCUT2D eigenvalue weighted by Crippen LogP contribution is 2.27. The van der Waals surface area contributed by atoms with Gasteiger partial charge >= 0.3 is 0 Å². The number of halogens is 1. The van der Waals surface area contributed by atoms with E-state index in [1.54, 1.807) is 0 Å². The second-order valence-corrected chi connectivity index (χ2v) is 9.29. The molecule has 8 nitrogen and oxygen atoms in total. The first-order valence-corrected chi connectivity index (χ1v) is 11.6. The molecule has 4 rings (SSSR count). The number of hydrazine groups is 1. The molecule has 4 fully saturated rings. The van der Waals surface area contributed by atoms with Crippen LogP contribution >= 0.6 is 11.6 Å². The lowest BCUT2D eigenvalue weighted by atomic mass is 9.94. The van der Waals surface area contributed by atoms with E-state index in [0.717, 1.165) is 45.3 Å². The van der Waals surface area contributed by atoms with Crippen molar-refractivity contribution in [1.82, 2.24) is 26.0 Å². The summed E-state index contributed by atoms with van der Waals surface area (Å²) in [5.41, 5.74) is 5.42. The van der Waals surface area contributed by atoms with E-state index in [9.17, 15) is 9.59 Å². The SMILES string of the molecule is O=C1NNCC(N2CCN(CC3CCCNC3OC3CCCCC3)C(=O)C2)C1Cl. The molecule has 164 valence electrons. The molecule has 0 spiro atoms. The van der Waals surface area contributed by atoms with Crippen LogP contribution in [0.25, 0.3) is 0 Å². The van der Waals surface area contributed by atoms with Crippen molar-refractivity contribution in [3.05, 3.63) is 0 Å². The summed E-state index contributed by atoms with van der Waals surface area (Å²) in [6, 6.07) is -0.157. The standard InChI is InChI=1S/C20H34ClN5O3/c21-18-16(11-23-24-19(18)28)25-9-10-26(17(27)13-25)12-14-5-4-8-22-20(14)29-15-6-2-1-3-7-15/h14-16,18,20,22-23H,1-13H2,(H,24,28). The fourth-order valence-corrected chi connectivity index (χ4v) is 5.37. The lowest BCUT2D eigenvalue weighted by Gasteiger charge is -2.44. The third-order valence-corrected chi connectivity index (χ3v) is 7.29. The summed E-state index contributed by atoms with van der Waals surface area (Å²) >= 11 is 6.27. The van der Waals surface area contributed by atoms with E-state index < -0.39 is 5.38 Å². The molecule has 4 unspecified atom stereocenters. The number of piperidine rings is 1. The van der Waals surface area contributed by atoms with Gasteiger partial charge in [-0.15, -0.1) is 11.6 Å². The highest BCUT2D eigenvalue weighted by Gasteiger charge is 2.39. The van der Waals surface area contributed by atoms with Crippen LogP contribution in [-0.2, 0) is 14.3 Å². The Kier molecular flexibility index (Phi) is 7.29. The van der Waals surface area contributed by atoms with Gasteiger partial charge in [0.15, 0.2) is 0 Å². The van der Waals surface area contributed by atoms with E-state index in [1.165, 1.54) is 19.3 Å². The molecule has 29 heavy (non-hydrogen) atoms. The van der Waals surface area contributed by atoms with Crippen molar-refractivity contribution in [2.45, 2.75) is 68.7 Å². The number of nitrogens with one attached hydrogen (secondary N) is 3. The number of hydrogen-bond donors (Lipinski definition) is 3. The average Bonchev–Trinajstić information content (AvgIpc) is 2.74. The van der Waals surface area contributed by atoms with Gasteiger partial charge in [-0.05, 0) is 32.2 Å². The molecular formula is C20H34ClN5O3. The Balaban J connectivity index is 1.30. The minimum Gasteiger partial charge on any atom is -0.360 e. The molecule has 3 heterocycles. The number of ether oxygens (including phenoxy) is 1. The average molecular weight is 428 g/mol. The van der Waals surface area contributed by atoms with E-state index in [1.807, 2.05) is 9.80 Å². The molecule has 1 saturated carbocycles. The van der Waals surface area contributed by atoms with Gasteiger partial charge in [0, 0.05) is 38.1 Å². The van der Waals surface area contributed by atoms with E-state index in [-0.39, 0.29) is 24.1 Å². The van der Waals surface area contributed by atoms with Gasteiger partial charge in [0.1, 0.15) is 11.6 Å². The van der Waals surface area contributed by atoms with Crippen LogP contribution in [0.1, 0.15) is 44.9 Å². The molecule has 2 amide bonds. The van der Waals surface area contributed by atoms with E-state index in [0.29, 0.717) is 31.7 Å². The van der Waals surface area contributed by atoms with Crippen molar-refractivity contribution >= 4 is 23.4 Å². The van der Waals surface area contributed by atoms with E-state index in [4.69, 9.17) is 16.3 Å². The summed E-state index contributed by atoms with van der Waals surface area (Å²) in [5, 5.41) is 2.92. The van der Waals surface area contributed by atoms with E-state index >= 15 is 0 Å². The molecule has 4 atom stereocenters. The molecule has 4 aliphatic rings. The van der Waals surface area contributed by atoms with Crippen LogP contribution < -0.4 is 16.2 Å². The normalized spacial score (nSPS) is 35.6. The highest BCUT2D eigenvalue weighted by molar-refractivity contribution is 6.31. The number of amides is 2. The number of alkyl halides is 1. The molecule has 0 radical (unpaired) electrons. The lowest BCUT2D eigenvalue weighted by Crippen LogP contribution is -2.65. The Morgan fingerprint density at radius 2 is 1.90 bits per heavy atom. The van der Waals surface area contributed by atoms with Gasteiger partial charge < -0.3 is 9.64 Å². The topological polar surface area (TPSA) is 85.9 Å². The number of carbonyl (C=O) groups is 2. The Morgan fingerprint density at radius 1 is 1.07 bits per heavy atom. The summed E-state index contributed by atoms with van der Waals surface area (Å²) in [6.45, 7) is 4.01. The molecule has 0 aromatic carbocycles. The minimum atomic E-state index is -0.633. The largest absolute Gasteiger partial charge is 0.360 e. The fraction of sp³-hybridized carbons (Fsp3) is 0.900. The Morgan fingerprint density at radius 3 is 2.69 bits per heavy atom. The molecule has 9 heteroatoms. The van der Waals surface area contributed by atoms with Gasteiger partial charge in [-0.2, -0.15) is 0 Å². The summed E-state index contributed by atoms with van der Waals surface area (Å²) in [7, 11) is 0. The zero-order valence-electron chi connectivity index (χ0n) is 17.1. The van der Waals surface area contributed by atoms with Crippen molar-refractivity contribution < 1.29 is 14.3 Å². The minimum absolute atomic E-state index is 0.0520. The molecule has 0 aromatic heterocycles. The second kappa shape index (κ2) is 9.92. The van der Waals surface area contributed by atoms with Crippen LogP contribution in [0, 0.1) is 5.92 Å². The second-order valence-electron chi connectivity index (χ2n) is 8.82. The first-order chi connectivity index (χ1) is 14.1. The zero-order valence-corrected chi connectivity index (χ0v) is 17.8. The highest BCUT2D eigenvalue weighted by atomic mass is 35.5. The molecule has 3 aliphatic heterocycles. The molecule has 3 saturated heterocycles. The fourth-order valence-electron chi connectivity index (χ4n) is 5.07. The Labute approximate surface area is 178 Å². The van der Waals surface area contributed by atoms with Crippen LogP contribution in [0.3, 0.4) is 0 Å². The van der Waals surface area contributed by atoms with Gasteiger partial charge in [-0.3, -0.25) is 25.2 Å². The van der Waals surface area contributed by atoms with Crippen molar-refractivity contribution in [2.24, 2.45) is 5.92 Å². The van der Waals surface area contributed by atoms with Crippen LogP contribution in [0.4, 0.5) is 0 Å². The number of nitrogens with zero attached hydrogens (tertiary/aromatic N) is 2. The number of hydrogen-bond acceptors (Lipinski definition) is 6. The van der Waals surface area contributed by atoms with Crippen molar-refractivity contribution in [2.75, 3.05) is 39.3 Å². The third-order valence-electron chi connectivity index (χ3n) is 6.80. The predicted molar refractivity (Wildman–Crippen MR) is 110 cm³/mol. The Bertz CT molecular complexity index is 588. The Hall–Kier alpha value is -0.930. The number of piperazine rings is 1. The summed E-state index contributed by atoms with van der Waals surface area (Å²) in [5.74, 6) is 0.228. The first-order valence-electron chi connectivity index (χ1n) is 11.2. The van der Waals surface area contributed by atoms with Gasteiger partial charge in [0.2, 0.25) is 5.91 Å². The summed E-state index contributed by atoms with van der Waals surface area (Å²) < 4.78 is 6.43. The maximum atomic E-state index is 12.9.